The lowest BCUT2D eigenvalue weighted by Crippen LogP contribution is -2.04. The summed E-state index contributed by atoms with van der Waals surface area (Å²) >= 11 is 0. The van der Waals surface area contributed by atoms with Crippen LogP contribution in [-0.2, 0) is 0 Å². The van der Waals surface area contributed by atoms with E-state index in [4.69, 9.17) is 9.84 Å². The minimum absolute atomic E-state index is 0.0460. The molecule has 0 aliphatic carbocycles. The molecule has 11 heteroatoms. The summed E-state index contributed by atoms with van der Waals surface area (Å²) in [5.74, 6) is -3.62. The summed E-state index contributed by atoms with van der Waals surface area (Å²) in [4.78, 5) is 30.0. The number of halogens is 2. The highest BCUT2D eigenvalue weighted by Crippen LogP contribution is 2.26. The zero-order valence-electron chi connectivity index (χ0n) is 23.0. The Kier molecular flexibility index (Phi) is 9.59. The van der Waals surface area contributed by atoms with Crippen LogP contribution < -0.4 is 15.4 Å². The van der Waals surface area contributed by atoms with Crippen LogP contribution in [0.3, 0.4) is 0 Å². The predicted octanol–water partition coefficient (Wildman–Crippen LogP) is 7.31. The van der Waals surface area contributed by atoms with Crippen molar-refractivity contribution in [2.75, 3.05) is 17.7 Å². The summed E-state index contributed by atoms with van der Waals surface area (Å²) in [5, 5.41) is 24.1. The molecular formula is C32H26F2N4O5. The number of hydrogen-bond donors (Lipinski definition) is 4. The maximum atomic E-state index is 13.0. The third-order valence-corrected chi connectivity index (χ3v) is 6.05. The van der Waals surface area contributed by atoms with E-state index < -0.39 is 23.7 Å². The molecule has 0 unspecified atom stereocenters. The van der Waals surface area contributed by atoms with E-state index in [1.807, 2.05) is 36.4 Å². The minimum atomic E-state index is -1.20. The van der Waals surface area contributed by atoms with Crippen molar-refractivity contribution < 1.29 is 33.3 Å². The van der Waals surface area contributed by atoms with Gasteiger partial charge in [-0.05, 0) is 55.5 Å². The van der Waals surface area contributed by atoms with E-state index in [1.54, 1.807) is 56.6 Å². The number of para-hydroxylation sites is 1. The first-order valence-corrected chi connectivity index (χ1v) is 12.8. The Hall–Kier alpha value is -5.84. The lowest BCUT2D eigenvalue weighted by atomic mass is 10.1. The van der Waals surface area contributed by atoms with Crippen molar-refractivity contribution in [2.45, 2.75) is 6.92 Å². The highest BCUT2D eigenvalue weighted by atomic mass is 19.2. The number of aryl methyl sites for hydroxylation is 1. The fraction of sp³-hybridized carbons (Fsp3) is 0.0625. The normalized spacial score (nSPS) is 10.2. The van der Waals surface area contributed by atoms with Crippen molar-refractivity contribution in [2.24, 2.45) is 0 Å². The lowest BCUT2D eigenvalue weighted by Gasteiger charge is -2.10. The molecule has 0 aliphatic heterocycles. The van der Waals surface area contributed by atoms with Crippen molar-refractivity contribution in [1.29, 1.82) is 0 Å². The summed E-state index contributed by atoms with van der Waals surface area (Å²) in [6, 6.07) is 23.8. The van der Waals surface area contributed by atoms with E-state index in [-0.39, 0.29) is 22.5 Å². The second kappa shape index (κ2) is 13.7. The number of carbonyl (C=O) groups is 2. The second-order valence-corrected chi connectivity index (χ2v) is 9.12. The highest BCUT2D eigenvalue weighted by molar-refractivity contribution is 5.96. The monoisotopic (exact) mass is 584 g/mol. The Morgan fingerprint density at radius 3 is 2.12 bits per heavy atom. The van der Waals surface area contributed by atoms with Crippen LogP contribution in [0.5, 0.6) is 5.75 Å². The average molecular weight is 585 g/mol. The van der Waals surface area contributed by atoms with Gasteiger partial charge in [0.1, 0.15) is 5.75 Å². The van der Waals surface area contributed by atoms with Gasteiger partial charge in [0.2, 0.25) is 5.95 Å². The fourth-order valence-corrected chi connectivity index (χ4v) is 3.94. The van der Waals surface area contributed by atoms with Gasteiger partial charge in [-0.2, -0.15) is 4.39 Å². The maximum Gasteiger partial charge on any atom is 0.337 e. The van der Waals surface area contributed by atoms with E-state index >= 15 is 0 Å². The Bertz CT molecular complexity index is 1760. The quantitative estimate of drug-likeness (QED) is 0.139. The van der Waals surface area contributed by atoms with Crippen molar-refractivity contribution in [3.63, 3.8) is 0 Å². The van der Waals surface area contributed by atoms with Crippen LogP contribution in [0.15, 0.2) is 97.3 Å². The number of nitrogens with one attached hydrogen (secondary N) is 2. The third kappa shape index (κ3) is 7.88. The van der Waals surface area contributed by atoms with Crippen molar-refractivity contribution in [3.05, 3.63) is 126 Å². The molecule has 3 aromatic carbocycles. The summed E-state index contributed by atoms with van der Waals surface area (Å²) in [6.45, 7) is 1.76. The number of benzene rings is 3. The molecular weight excluding hydrogens is 558 g/mol. The molecule has 5 aromatic rings. The topological polar surface area (TPSA) is 134 Å². The molecule has 2 heterocycles. The van der Waals surface area contributed by atoms with Gasteiger partial charge in [0, 0.05) is 11.6 Å². The Morgan fingerprint density at radius 1 is 0.744 bits per heavy atom. The Balaban J connectivity index is 0.000000203. The number of carboxylic acids is 2. The highest BCUT2D eigenvalue weighted by Gasteiger charge is 2.12. The Morgan fingerprint density at radius 2 is 1.44 bits per heavy atom. The summed E-state index contributed by atoms with van der Waals surface area (Å²) < 4.78 is 30.9. The van der Waals surface area contributed by atoms with Gasteiger partial charge in [0.15, 0.2) is 5.82 Å². The molecule has 0 aliphatic rings. The lowest BCUT2D eigenvalue weighted by molar-refractivity contribution is 0.0687. The fourth-order valence-electron chi connectivity index (χ4n) is 3.94. The van der Waals surface area contributed by atoms with E-state index in [0.717, 1.165) is 40.5 Å². The number of nitrogens with zero attached hydrogens (tertiary/aromatic N) is 2. The van der Waals surface area contributed by atoms with Gasteiger partial charge < -0.3 is 25.6 Å². The minimum Gasteiger partial charge on any atom is -0.497 e. The van der Waals surface area contributed by atoms with Crippen LogP contribution >= 0.6 is 0 Å². The molecule has 2 aromatic heterocycles. The van der Waals surface area contributed by atoms with E-state index in [1.165, 1.54) is 6.07 Å². The van der Waals surface area contributed by atoms with Gasteiger partial charge in [-0.25, -0.2) is 19.0 Å². The number of hydrogen-bond acceptors (Lipinski definition) is 7. The first-order valence-electron chi connectivity index (χ1n) is 12.8. The predicted molar refractivity (Wildman–Crippen MR) is 158 cm³/mol. The summed E-state index contributed by atoms with van der Waals surface area (Å²) in [7, 11) is 1.62. The van der Waals surface area contributed by atoms with Crippen LogP contribution in [0.2, 0.25) is 0 Å². The van der Waals surface area contributed by atoms with Crippen molar-refractivity contribution in [3.8, 4) is 17.0 Å². The standard InChI is InChI=1S/C19H16N2O3.C13H10F2N2O2/c1-24-15-6-4-5-13(11-15)17-10-9-14(12-20-17)21-18-8-3-2-7-16(18)19(22)23;1-7-2-3-11(9(4-7)13(18)19)17-8-5-10(14)12(15)16-6-8/h2-12,21H,1H3,(H,22,23);2-6,17H,1H3,(H,18,19). The molecule has 43 heavy (non-hydrogen) atoms. The number of methoxy groups -OCH3 is 1. The van der Waals surface area contributed by atoms with Gasteiger partial charge in [-0.1, -0.05) is 35.9 Å². The van der Waals surface area contributed by atoms with E-state index in [2.05, 4.69) is 20.6 Å². The number of aromatic carboxylic acids is 2. The third-order valence-electron chi connectivity index (χ3n) is 6.05. The zero-order chi connectivity index (χ0) is 30.9. The second-order valence-electron chi connectivity index (χ2n) is 9.12. The molecule has 4 N–H and O–H groups in total. The molecule has 0 saturated heterocycles. The van der Waals surface area contributed by atoms with E-state index in [9.17, 15) is 23.5 Å². The van der Waals surface area contributed by atoms with Crippen LogP contribution in [0.4, 0.5) is 31.5 Å². The number of anilines is 4. The van der Waals surface area contributed by atoms with Gasteiger partial charge in [-0.15, -0.1) is 0 Å². The van der Waals surface area contributed by atoms with Gasteiger partial charge in [0.25, 0.3) is 0 Å². The molecule has 0 fully saturated rings. The van der Waals surface area contributed by atoms with Gasteiger partial charge >= 0.3 is 11.9 Å². The molecule has 218 valence electrons. The van der Waals surface area contributed by atoms with Crippen molar-refractivity contribution in [1.82, 2.24) is 9.97 Å². The first kappa shape index (κ1) is 30.1. The molecule has 0 radical (unpaired) electrons. The largest absolute Gasteiger partial charge is 0.497 e. The molecule has 9 nitrogen and oxygen atoms in total. The van der Waals surface area contributed by atoms with Gasteiger partial charge in [0.05, 0.1) is 59.1 Å². The molecule has 0 saturated carbocycles. The average Bonchev–Trinajstić information content (AvgIpc) is 3.00. The molecule has 0 spiro atoms. The zero-order valence-corrected chi connectivity index (χ0v) is 23.0. The van der Waals surface area contributed by atoms with Crippen LogP contribution in [0.25, 0.3) is 11.3 Å². The van der Waals surface area contributed by atoms with Crippen LogP contribution in [0.1, 0.15) is 26.3 Å². The van der Waals surface area contributed by atoms with Crippen LogP contribution in [0, 0.1) is 18.7 Å². The van der Waals surface area contributed by atoms with Crippen LogP contribution in [-0.4, -0.2) is 39.2 Å². The van der Waals surface area contributed by atoms with Gasteiger partial charge in [-0.3, -0.25) is 4.98 Å². The molecule has 0 atom stereocenters. The number of ether oxygens (including phenoxy) is 1. The summed E-state index contributed by atoms with van der Waals surface area (Å²) in [5.41, 5.74) is 4.51. The number of carboxylic acid groups (broad SMARTS) is 2. The first-order chi connectivity index (χ1) is 20.6. The number of rotatable bonds is 8. The smallest absolute Gasteiger partial charge is 0.337 e. The number of pyridine rings is 2. The SMILES string of the molecule is COc1cccc(-c2ccc(Nc3ccccc3C(=O)O)cn2)c1.Cc1ccc(Nc2cnc(F)c(F)c2)c(C(=O)O)c1. The molecule has 0 amide bonds. The molecule has 0 bridgehead atoms. The van der Waals surface area contributed by atoms with Crippen molar-refractivity contribution >= 4 is 34.7 Å². The summed E-state index contributed by atoms with van der Waals surface area (Å²) in [6.07, 6.45) is 2.76. The number of aromatic nitrogens is 2. The maximum absolute atomic E-state index is 13.0. The molecule has 5 rings (SSSR count). The Labute approximate surface area is 245 Å². The van der Waals surface area contributed by atoms with E-state index in [0.29, 0.717) is 5.69 Å².